The number of benzene rings is 2. The first-order chi connectivity index (χ1) is 22.5. The SMILES string of the molecule is Cc1ncsc1-c1ccc([C@H](CC(=O)NC(C)(C)C)NC(=O)[C@@H]2[C@@H](F)[C@@H](O)CN2C(=O)[C@@H](N2Cc3ccccc3C2=O)C(C)(C)C)cc1. The van der Waals surface area contributed by atoms with Gasteiger partial charge in [0, 0.05) is 17.6 Å². The van der Waals surface area contributed by atoms with Gasteiger partial charge in [-0.3, -0.25) is 19.2 Å². The van der Waals surface area contributed by atoms with Gasteiger partial charge in [-0.15, -0.1) is 11.3 Å². The van der Waals surface area contributed by atoms with Crippen molar-refractivity contribution < 1.29 is 28.7 Å². The third kappa shape index (κ3) is 7.29. The molecule has 0 bridgehead atoms. The smallest absolute Gasteiger partial charge is 0.255 e. The van der Waals surface area contributed by atoms with E-state index in [1.165, 1.54) is 16.2 Å². The van der Waals surface area contributed by atoms with Gasteiger partial charge in [0.25, 0.3) is 5.91 Å². The van der Waals surface area contributed by atoms with Crippen LogP contribution in [0.25, 0.3) is 10.4 Å². The van der Waals surface area contributed by atoms with Crippen molar-refractivity contribution in [1.82, 2.24) is 25.4 Å². The minimum Gasteiger partial charge on any atom is -0.388 e. The normalized spacial score (nSPS) is 20.8. The van der Waals surface area contributed by atoms with Gasteiger partial charge in [0.1, 0.15) is 18.2 Å². The number of rotatable bonds is 8. The number of aliphatic hydroxyl groups excluding tert-OH is 1. The molecule has 1 saturated heterocycles. The number of likely N-dealkylation sites (tertiary alicyclic amines) is 1. The molecule has 2 aliphatic rings. The molecule has 0 aliphatic carbocycles. The second-order valence-corrected chi connectivity index (χ2v) is 15.6. The number of nitrogens with one attached hydrogen (secondary N) is 2. The van der Waals surface area contributed by atoms with Gasteiger partial charge in [0.15, 0.2) is 6.17 Å². The van der Waals surface area contributed by atoms with Gasteiger partial charge < -0.3 is 25.5 Å². The number of fused-ring (bicyclic) bond motifs is 1. The Balaban J connectivity index is 1.43. The van der Waals surface area contributed by atoms with Crippen molar-refractivity contribution in [2.45, 2.75) is 97.4 Å². The molecule has 10 nitrogen and oxygen atoms in total. The zero-order chi connectivity index (χ0) is 35.1. The highest BCUT2D eigenvalue weighted by Crippen LogP contribution is 2.36. The number of hydrogen-bond acceptors (Lipinski definition) is 7. The molecular formula is C36H44FN5O5S. The first-order valence-corrected chi connectivity index (χ1v) is 17.0. The predicted molar refractivity (Wildman–Crippen MR) is 182 cm³/mol. The first-order valence-electron chi connectivity index (χ1n) is 16.1. The minimum absolute atomic E-state index is 0.146. The second kappa shape index (κ2) is 13.4. The van der Waals surface area contributed by atoms with E-state index in [2.05, 4.69) is 15.6 Å². The van der Waals surface area contributed by atoms with Crippen molar-refractivity contribution in [3.05, 3.63) is 76.4 Å². The van der Waals surface area contributed by atoms with Gasteiger partial charge in [0.2, 0.25) is 17.7 Å². The molecule has 3 aromatic rings. The summed E-state index contributed by atoms with van der Waals surface area (Å²) in [5.41, 5.74) is 4.12. The summed E-state index contributed by atoms with van der Waals surface area (Å²) in [7, 11) is 0. The third-order valence-electron chi connectivity index (χ3n) is 8.70. The summed E-state index contributed by atoms with van der Waals surface area (Å²) >= 11 is 1.50. The summed E-state index contributed by atoms with van der Waals surface area (Å²) in [6.07, 6.45) is -3.84. The maximum Gasteiger partial charge on any atom is 0.255 e. The molecule has 1 fully saturated rings. The standard InChI is InChI=1S/C36H44FN5O5S/c1-20-30(48-19-38-20)22-14-12-21(13-15-22)25(16-27(44)40-36(5,6)7)39-32(45)29-28(37)26(43)18-41(29)34(47)31(35(2,3)4)42-17-23-10-8-9-11-24(23)33(42)46/h8-15,19,25-26,28-29,31,43H,16-18H2,1-7H3,(H,39,45)(H,40,44)/t25-,26-,28-,29-,31+/m0/s1. The predicted octanol–water partition coefficient (Wildman–Crippen LogP) is 4.56. The number of nitrogens with zero attached hydrogens (tertiary/aromatic N) is 3. The van der Waals surface area contributed by atoms with Crippen molar-refractivity contribution in [3.8, 4) is 10.4 Å². The molecule has 0 radical (unpaired) electrons. The Labute approximate surface area is 284 Å². The number of amides is 4. The Morgan fingerprint density at radius 3 is 2.31 bits per heavy atom. The van der Waals surface area contributed by atoms with Crippen LogP contribution in [0.2, 0.25) is 0 Å². The molecule has 2 aromatic carbocycles. The number of thiazole rings is 1. The van der Waals surface area contributed by atoms with Crippen molar-refractivity contribution >= 4 is 35.0 Å². The van der Waals surface area contributed by atoms with E-state index in [4.69, 9.17) is 0 Å². The molecule has 12 heteroatoms. The topological polar surface area (TPSA) is 132 Å². The Morgan fingerprint density at radius 1 is 1.06 bits per heavy atom. The molecule has 3 N–H and O–H groups in total. The summed E-state index contributed by atoms with van der Waals surface area (Å²) in [6.45, 7) is 12.6. The molecule has 4 amide bonds. The second-order valence-electron chi connectivity index (χ2n) is 14.8. The van der Waals surface area contributed by atoms with Crippen LogP contribution >= 0.6 is 11.3 Å². The number of carbonyl (C=O) groups is 4. The summed E-state index contributed by atoms with van der Waals surface area (Å²) in [5.74, 6) is -2.12. The third-order valence-corrected chi connectivity index (χ3v) is 9.67. The van der Waals surface area contributed by atoms with E-state index in [-0.39, 0.29) is 24.8 Å². The molecule has 3 heterocycles. The molecule has 5 atom stereocenters. The van der Waals surface area contributed by atoms with Crippen LogP contribution < -0.4 is 10.6 Å². The molecule has 256 valence electrons. The molecule has 0 saturated carbocycles. The van der Waals surface area contributed by atoms with Crippen LogP contribution in [0, 0.1) is 12.3 Å². The summed E-state index contributed by atoms with van der Waals surface area (Å²) < 4.78 is 15.8. The van der Waals surface area contributed by atoms with Gasteiger partial charge in [-0.2, -0.15) is 0 Å². The molecule has 1 aromatic heterocycles. The number of aryl methyl sites for hydroxylation is 1. The van der Waals surface area contributed by atoms with Crippen LogP contribution in [0.4, 0.5) is 4.39 Å². The molecule has 0 spiro atoms. The van der Waals surface area contributed by atoms with Crippen LogP contribution in [0.5, 0.6) is 0 Å². The van der Waals surface area contributed by atoms with Gasteiger partial charge in [0.05, 0.1) is 35.1 Å². The van der Waals surface area contributed by atoms with Crippen molar-refractivity contribution in [3.63, 3.8) is 0 Å². The highest BCUT2D eigenvalue weighted by Gasteiger charge is 2.53. The number of halogens is 1. The number of aromatic nitrogens is 1. The van der Waals surface area contributed by atoms with Gasteiger partial charge in [-0.05, 0) is 55.9 Å². The number of β-amino-alcohol motifs (C(OH)–C–C–N with tert-alkyl or cyclic N) is 1. The van der Waals surface area contributed by atoms with Crippen LogP contribution in [0.3, 0.4) is 0 Å². The largest absolute Gasteiger partial charge is 0.388 e. The Kier molecular flexibility index (Phi) is 9.81. The molecule has 5 rings (SSSR count). The lowest BCUT2D eigenvalue weighted by atomic mass is 9.84. The maximum absolute atomic E-state index is 15.8. The van der Waals surface area contributed by atoms with Crippen LogP contribution in [0.1, 0.15) is 81.2 Å². The van der Waals surface area contributed by atoms with E-state index in [1.807, 2.05) is 72.7 Å². The fourth-order valence-corrected chi connectivity index (χ4v) is 7.35. The molecule has 2 aliphatic heterocycles. The number of hydrogen-bond donors (Lipinski definition) is 3. The summed E-state index contributed by atoms with van der Waals surface area (Å²) in [5, 5.41) is 16.4. The Hall–Kier alpha value is -4.16. The number of aliphatic hydroxyl groups is 1. The van der Waals surface area contributed by atoms with E-state index in [0.717, 1.165) is 26.6 Å². The zero-order valence-electron chi connectivity index (χ0n) is 28.4. The van der Waals surface area contributed by atoms with E-state index < -0.39 is 59.7 Å². The fourth-order valence-electron chi connectivity index (χ4n) is 6.53. The molecule has 48 heavy (non-hydrogen) atoms. The highest BCUT2D eigenvalue weighted by molar-refractivity contribution is 7.13. The average molecular weight is 678 g/mol. The van der Waals surface area contributed by atoms with Gasteiger partial charge >= 0.3 is 0 Å². The van der Waals surface area contributed by atoms with Crippen LogP contribution in [0.15, 0.2) is 54.0 Å². The number of alkyl halides is 1. The quantitative estimate of drug-likeness (QED) is 0.321. The first kappa shape index (κ1) is 35.2. The minimum atomic E-state index is -2.08. The van der Waals surface area contributed by atoms with Crippen LogP contribution in [-0.4, -0.2) is 80.0 Å². The monoisotopic (exact) mass is 677 g/mol. The lowest BCUT2D eigenvalue weighted by Gasteiger charge is -2.40. The van der Waals surface area contributed by atoms with E-state index in [9.17, 15) is 24.3 Å². The van der Waals surface area contributed by atoms with E-state index in [1.54, 1.807) is 29.8 Å². The molecule has 0 unspecified atom stereocenters. The van der Waals surface area contributed by atoms with Crippen molar-refractivity contribution in [2.24, 2.45) is 5.41 Å². The Morgan fingerprint density at radius 2 is 1.73 bits per heavy atom. The molecular weight excluding hydrogens is 633 g/mol. The lowest BCUT2D eigenvalue weighted by Crippen LogP contribution is -2.59. The summed E-state index contributed by atoms with van der Waals surface area (Å²) in [4.78, 5) is 62.8. The summed E-state index contributed by atoms with van der Waals surface area (Å²) in [6, 6.07) is 10.9. The number of carbonyl (C=O) groups excluding carboxylic acids is 4. The fraction of sp³-hybridized carbons (Fsp3) is 0.472. The zero-order valence-corrected chi connectivity index (χ0v) is 29.2. The van der Waals surface area contributed by atoms with E-state index in [0.29, 0.717) is 11.1 Å². The highest BCUT2D eigenvalue weighted by atomic mass is 32.1. The lowest BCUT2D eigenvalue weighted by molar-refractivity contribution is -0.146. The maximum atomic E-state index is 15.8. The van der Waals surface area contributed by atoms with Crippen molar-refractivity contribution in [1.29, 1.82) is 0 Å². The van der Waals surface area contributed by atoms with Crippen molar-refractivity contribution in [2.75, 3.05) is 6.54 Å². The van der Waals surface area contributed by atoms with Crippen LogP contribution in [-0.2, 0) is 20.9 Å². The average Bonchev–Trinajstić information content (AvgIpc) is 3.66. The van der Waals surface area contributed by atoms with E-state index >= 15 is 4.39 Å². The van der Waals surface area contributed by atoms with Gasteiger partial charge in [-0.25, -0.2) is 9.37 Å². The Bertz CT molecular complexity index is 1700. The van der Waals surface area contributed by atoms with Gasteiger partial charge in [-0.1, -0.05) is 63.2 Å².